The topological polar surface area (TPSA) is 24.5 Å². The first kappa shape index (κ1) is 10.9. The summed E-state index contributed by atoms with van der Waals surface area (Å²) in [5.74, 6) is 0. The molecular formula is C8H20N2O. The molecule has 0 saturated carbocycles. The van der Waals surface area contributed by atoms with Gasteiger partial charge >= 0.3 is 0 Å². The van der Waals surface area contributed by atoms with Gasteiger partial charge in [-0.3, -0.25) is 0 Å². The van der Waals surface area contributed by atoms with Crippen molar-refractivity contribution >= 4 is 0 Å². The van der Waals surface area contributed by atoms with Crippen LogP contribution in [0.1, 0.15) is 20.3 Å². The van der Waals surface area contributed by atoms with Crippen LogP contribution < -0.4 is 5.32 Å². The molecule has 0 rings (SSSR count). The molecule has 0 heterocycles. The van der Waals surface area contributed by atoms with Crippen LogP contribution in [0.5, 0.6) is 0 Å². The average molecular weight is 160 g/mol. The predicted octanol–water partition coefficient (Wildman–Crippen LogP) is 0.868. The smallest absolute Gasteiger partial charge is 0.0575 e. The molecular weight excluding hydrogens is 140 g/mol. The quantitative estimate of drug-likeness (QED) is 0.583. The van der Waals surface area contributed by atoms with Crippen molar-refractivity contribution in [2.75, 3.05) is 27.2 Å². The molecule has 3 nitrogen and oxygen atoms in total. The maximum Gasteiger partial charge on any atom is 0.0575 e. The summed E-state index contributed by atoms with van der Waals surface area (Å²) >= 11 is 0. The normalized spacial score (nSPS) is 13.9. The first-order chi connectivity index (χ1) is 5.20. The SMILES string of the molecule is CCNC(C)CCN(C)OC. The first-order valence-electron chi connectivity index (χ1n) is 4.19. The number of hydroxylamine groups is 2. The van der Waals surface area contributed by atoms with Crippen molar-refractivity contribution in [2.45, 2.75) is 26.3 Å². The van der Waals surface area contributed by atoms with Gasteiger partial charge in [-0.15, -0.1) is 0 Å². The molecule has 0 aliphatic rings. The van der Waals surface area contributed by atoms with Gasteiger partial charge in [0.15, 0.2) is 0 Å². The second-order valence-corrected chi connectivity index (χ2v) is 2.78. The van der Waals surface area contributed by atoms with E-state index in [1.165, 1.54) is 0 Å². The van der Waals surface area contributed by atoms with E-state index in [9.17, 15) is 0 Å². The van der Waals surface area contributed by atoms with Crippen LogP contribution in [-0.2, 0) is 4.84 Å². The number of hydrogen-bond donors (Lipinski definition) is 1. The van der Waals surface area contributed by atoms with Crippen LogP contribution in [0.2, 0.25) is 0 Å². The highest BCUT2D eigenvalue weighted by Crippen LogP contribution is 1.92. The Morgan fingerprint density at radius 3 is 2.64 bits per heavy atom. The van der Waals surface area contributed by atoms with Crippen LogP contribution in [0, 0.1) is 0 Å². The largest absolute Gasteiger partial charge is 0.314 e. The van der Waals surface area contributed by atoms with Crippen molar-refractivity contribution in [1.82, 2.24) is 10.4 Å². The summed E-state index contributed by atoms with van der Waals surface area (Å²) in [4.78, 5) is 4.98. The lowest BCUT2D eigenvalue weighted by Crippen LogP contribution is -2.30. The van der Waals surface area contributed by atoms with Gasteiger partial charge in [-0.1, -0.05) is 6.92 Å². The number of rotatable bonds is 6. The van der Waals surface area contributed by atoms with Crippen molar-refractivity contribution in [3.05, 3.63) is 0 Å². The van der Waals surface area contributed by atoms with Gasteiger partial charge in [0.05, 0.1) is 7.11 Å². The predicted molar refractivity (Wildman–Crippen MR) is 47.4 cm³/mol. The molecule has 0 amide bonds. The molecule has 0 aromatic heterocycles. The van der Waals surface area contributed by atoms with Crippen molar-refractivity contribution in [1.29, 1.82) is 0 Å². The molecule has 1 N–H and O–H groups in total. The van der Waals surface area contributed by atoms with E-state index in [1.54, 1.807) is 7.11 Å². The van der Waals surface area contributed by atoms with E-state index in [-0.39, 0.29) is 0 Å². The number of nitrogens with one attached hydrogen (secondary N) is 1. The monoisotopic (exact) mass is 160 g/mol. The van der Waals surface area contributed by atoms with Crippen molar-refractivity contribution in [3.63, 3.8) is 0 Å². The Morgan fingerprint density at radius 2 is 2.18 bits per heavy atom. The van der Waals surface area contributed by atoms with Gasteiger partial charge in [0.25, 0.3) is 0 Å². The highest BCUT2D eigenvalue weighted by atomic mass is 16.7. The number of hydrogen-bond acceptors (Lipinski definition) is 3. The minimum atomic E-state index is 0.581. The van der Waals surface area contributed by atoms with Crippen LogP contribution in [0.3, 0.4) is 0 Å². The summed E-state index contributed by atoms with van der Waals surface area (Å²) < 4.78 is 0. The zero-order valence-corrected chi connectivity index (χ0v) is 8.05. The minimum absolute atomic E-state index is 0.581. The lowest BCUT2D eigenvalue weighted by atomic mass is 10.2. The maximum atomic E-state index is 4.98. The highest BCUT2D eigenvalue weighted by Gasteiger charge is 2.01. The zero-order valence-electron chi connectivity index (χ0n) is 8.05. The third kappa shape index (κ3) is 6.28. The third-order valence-electron chi connectivity index (χ3n) is 1.74. The maximum absolute atomic E-state index is 4.98. The summed E-state index contributed by atoms with van der Waals surface area (Å²) in [6, 6.07) is 0.581. The summed E-state index contributed by atoms with van der Waals surface area (Å²) in [5.41, 5.74) is 0. The first-order valence-corrected chi connectivity index (χ1v) is 4.19. The molecule has 3 heteroatoms. The molecule has 0 spiro atoms. The molecule has 0 aliphatic heterocycles. The molecule has 0 saturated heterocycles. The molecule has 0 aliphatic carbocycles. The van der Waals surface area contributed by atoms with Crippen LogP contribution in [0.15, 0.2) is 0 Å². The second-order valence-electron chi connectivity index (χ2n) is 2.78. The van der Waals surface area contributed by atoms with E-state index < -0.39 is 0 Å². The number of nitrogens with zero attached hydrogens (tertiary/aromatic N) is 1. The average Bonchev–Trinajstić information content (AvgIpc) is 2.01. The Morgan fingerprint density at radius 1 is 1.55 bits per heavy atom. The van der Waals surface area contributed by atoms with Crippen molar-refractivity contribution in [2.24, 2.45) is 0 Å². The van der Waals surface area contributed by atoms with Gasteiger partial charge in [-0.05, 0) is 19.9 Å². The van der Waals surface area contributed by atoms with Gasteiger partial charge < -0.3 is 10.2 Å². The Hall–Kier alpha value is -0.120. The van der Waals surface area contributed by atoms with E-state index in [4.69, 9.17) is 4.84 Å². The fourth-order valence-corrected chi connectivity index (χ4v) is 0.917. The molecule has 0 fully saturated rings. The zero-order chi connectivity index (χ0) is 8.69. The fraction of sp³-hybridized carbons (Fsp3) is 1.00. The van der Waals surface area contributed by atoms with E-state index in [0.717, 1.165) is 19.5 Å². The molecule has 0 aromatic carbocycles. The van der Waals surface area contributed by atoms with Gasteiger partial charge in [-0.2, -0.15) is 5.06 Å². The summed E-state index contributed by atoms with van der Waals surface area (Å²) in [5, 5.41) is 5.18. The second kappa shape index (κ2) is 6.58. The highest BCUT2D eigenvalue weighted by molar-refractivity contribution is 4.59. The van der Waals surface area contributed by atoms with Gasteiger partial charge in [0.2, 0.25) is 0 Å². The molecule has 0 bridgehead atoms. The van der Waals surface area contributed by atoms with E-state index in [0.29, 0.717) is 6.04 Å². The molecule has 1 unspecified atom stereocenters. The van der Waals surface area contributed by atoms with Gasteiger partial charge in [0, 0.05) is 19.6 Å². The van der Waals surface area contributed by atoms with Crippen LogP contribution in [0.25, 0.3) is 0 Å². The standard InChI is InChI=1S/C8H20N2O/c1-5-9-8(2)6-7-10(3)11-4/h8-9H,5-7H2,1-4H3. The fourth-order valence-electron chi connectivity index (χ4n) is 0.917. The van der Waals surface area contributed by atoms with Gasteiger partial charge in [-0.25, -0.2) is 0 Å². The van der Waals surface area contributed by atoms with Crippen molar-refractivity contribution < 1.29 is 4.84 Å². The molecule has 68 valence electrons. The van der Waals surface area contributed by atoms with E-state index in [2.05, 4.69) is 19.2 Å². The lowest BCUT2D eigenvalue weighted by Gasteiger charge is -2.17. The Labute approximate surface area is 69.7 Å². The van der Waals surface area contributed by atoms with E-state index in [1.807, 2.05) is 12.1 Å². The van der Waals surface area contributed by atoms with Crippen LogP contribution in [0.4, 0.5) is 0 Å². The summed E-state index contributed by atoms with van der Waals surface area (Å²) in [6.07, 6.45) is 1.12. The summed E-state index contributed by atoms with van der Waals surface area (Å²) in [7, 11) is 3.64. The Kier molecular flexibility index (Phi) is 6.51. The van der Waals surface area contributed by atoms with Crippen LogP contribution in [-0.4, -0.2) is 38.4 Å². The Bertz CT molecular complexity index is 88.2. The molecule has 1 atom stereocenters. The molecule has 0 aromatic rings. The third-order valence-corrected chi connectivity index (χ3v) is 1.74. The van der Waals surface area contributed by atoms with E-state index >= 15 is 0 Å². The molecule has 11 heavy (non-hydrogen) atoms. The van der Waals surface area contributed by atoms with Gasteiger partial charge in [0.1, 0.15) is 0 Å². The molecule has 0 radical (unpaired) electrons. The van der Waals surface area contributed by atoms with Crippen LogP contribution >= 0.6 is 0 Å². The summed E-state index contributed by atoms with van der Waals surface area (Å²) in [6.45, 7) is 6.33. The minimum Gasteiger partial charge on any atom is -0.314 e. The Balaban J connectivity index is 3.22. The lowest BCUT2D eigenvalue weighted by molar-refractivity contribution is -0.110. The van der Waals surface area contributed by atoms with Crippen molar-refractivity contribution in [3.8, 4) is 0 Å².